The molecule has 2 fully saturated rings. The summed E-state index contributed by atoms with van der Waals surface area (Å²) in [5.74, 6) is -2.13. The fourth-order valence-corrected chi connectivity index (χ4v) is 3.95. The van der Waals surface area contributed by atoms with E-state index in [1.165, 1.54) is 4.90 Å². The second-order valence-electron chi connectivity index (χ2n) is 9.27. The van der Waals surface area contributed by atoms with Crippen molar-refractivity contribution in [1.82, 2.24) is 15.1 Å². The van der Waals surface area contributed by atoms with Gasteiger partial charge in [0.1, 0.15) is 12.1 Å². The van der Waals surface area contributed by atoms with Gasteiger partial charge < -0.3 is 15.3 Å². The van der Waals surface area contributed by atoms with Crippen molar-refractivity contribution in [2.75, 3.05) is 19.6 Å². The number of imide groups is 1. The third-order valence-corrected chi connectivity index (χ3v) is 6.09. The van der Waals surface area contributed by atoms with Gasteiger partial charge in [-0.15, -0.1) is 0 Å². The first kappa shape index (κ1) is 21.8. The number of aliphatic carboxylic acids is 1. The quantitative estimate of drug-likeness (QED) is 0.732. The maximum atomic E-state index is 13.1. The van der Waals surface area contributed by atoms with E-state index in [0.717, 1.165) is 10.5 Å². The second-order valence-corrected chi connectivity index (χ2v) is 9.27. The van der Waals surface area contributed by atoms with Crippen LogP contribution < -0.4 is 5.32 Å². The predicted octanol–water partition coefficient (Wildman–Crippen LogP) is 2.07. The highest BCUT2D eigenvalue weighted by Crippen LogP contribution is 2.31. The lowest BCUT2D eigenvalue weighted by Crippen LogP contribution is -2.47. The minimum absolute atomic E-state index is 0.0328. The molecule has 2 aliphatic rings. The molecule has 4 amide bonds. The highest BCUT2D eigenvalue weighted by molar-refractivity contribution is 6.09. The molecule has 0 aliphatic carbocycles. The van der Waals surface area contributed by atoms with E-state index in [1.54, 1.807) is 6.92 Å². The highest BCUT2D eigenvalue weighted by Gasteiger charge is 2.49. The van der Waals surface area contributed by atoms with E-state index in [1.807, 2.05) is 24.3 Å². The van der Waals surface area contributed by atoms with Crippen LogP contribution in [0.25, 0.3) is 0 Å². The van der Waals surface area contributed by atoms with Crippen LogP contribution in [0.3, 0.4) is 0 Å². The molecule has 8 heteroatoms. The number of piperidine rings is 1. The summed E-state index contributed by atoms with van der Waals surface area (Å²) in [6.07, 6.45) is 0.748. The van der Waals surface area contributed by atoms with Crippen molar-refractivity contribution in [3.8, 4) is 0 Å². The molecule has 1 atom stereocenters. The summed E-state index contributed by atoms with van der Waals surface area (Å²) in [5.41, 5.74) is 0.508. The number of urea groups is 1. The first-order valence-corrected chi connectivity index (χ1v) is 10.2. The zero-order valence-corrected chi connectivity index (χ0v) is 17.9. The smallest absolute Gasteiger partial charge is 0.325 e. The molecule has 2 heterocycles. The average molecular weight is 415 g/mol. The molecule has 2 saturated heterocycles. The first-order chi connectivity index (χ1) is 13.9. The Hall–Kier alpha value is -2.90. The van der Waals surface area contributed by atoms with Crippen molar-refractivity contribution in [2.45, 2.75) is 51.5 Å². The third kappa shape index (κ3) is 4.04. The summed E-state index contributed by atoms with van der Waals surface area (Å²) in [6, 6.07) is 6.96. The fraction of sp³-hybridized carbons (Fsp3) is 0.545. The van der Waals surface area contributed by atoms with Crippen LogP contribution in [-0.4, -0.2) is 58.4 Å². The van der Waals surface area contributed by atoms with Gasteiger partial charge >= 0.3 is 12.0 Å². The second kappa shape index (κ2) is 7.74. The van der Waals surface area contributed by atoms with Gasteiger partial charge in [0.25, 0.3) is 5.91 Å². The van der Waals surface area contributed by atoms with Gasteiger partial charge in [-0.1, -0.05) is 45.0 Å². The maximum absolute atomic E-state index is 13.1. The molecule has 1 aromatic rings. The van der Waals surface area contributed by atoms with Gasteiger partial charge in [0.15, 0.2) is 0 Å². The number of hydrogen-bond acceptors (Lipinski definition) is 4. The number of hydrogen-bond donors (Lipinski definition) is 2. The lowest BCUT2D eigenvalue weighted by molar-refractivity contribution is -0.146. The van der Waals surface area contributed by atoms with Crippen molar-refractivity contribution in [1.29, 1.82) is 0 Å². The number of benzene rings is 1. The van der Waals surface area contributed by atoms with Gasteiger partial charge in [-0.05, 0) is 36.3 Å². The minimum Gasteiger partial charge on any atom is -0.481 e. The Morgan fingerprint density at radius 1 is 1.13 bits per heavy atom. The van der Waals surface area contributed by atoms with Gasteiger partial charge in [-0.25, -0.2) is 4.79 Å². The normalized spacial score (nSPS) is 22.9. The number of amides is 4. The van der Waals surface area contributed by atoms with Crippen LogP contribution in [0.15, 0.2) is 24.3 Å². The van der Waals surface area contributed by atoms with Crippen LogP contribution in [-0.2, 0) is 25.3 Å². The predicted molar refractivity (Wildman–Crippen MR) is 110 cm³/mol. The minimum atomic E-state index is -1.23. The molecule has 0 radical (unpaired) electrons. The number of carbonyl (C=O) groups excluding carboxylic acids is 3. The molecule has 0 aromatic heterocycles. The van der Waals surface area contributed by atoms with Crippen LogP contribution in [0.1, 0.15) is 51.7 Å². The lowest BCUT2D eigenvalue weighted by atomic mass is 9.84. The summed E-state index contributed by atoms with van der Waals surface area (Å²) in [5, 5.41) is 11.8. The van der Waals surface area contributed by atoms with Crippen LogP contribution in [0, 0.1) is 5.92 Å². The molecule has 162 valence electrons. The monoisotopic (exact) mass is 415 g/mol. The Kier molecular flexibility index (Phi) is 5.62. The molecule has 30 heavy (non-hydrogen) atoms. The van der Waals surface area contributed by atoms with Gasteiger partial charge in [0.2, 0.25) is 5.91 Å². The third-order valence-electron chi connectivity index (χ3n) is 6.09. The fourth-order valence-electron chi connectivity index (χ4n) is 3.95. The van der Waals surface area contributed by atoms with Crippen molar-refractivity contribution in [3.63, 3.8) is 0 Å². The van der Waals surface area contributed by atoms with Crippen molar-refractivity contribution < 1.29 is 24.3 Å². The molecule has 2 N–H and O–H groups in total. The Balaban J connectivity index is 1.70. The van der Waals surface area contributed by atoms with Crippen LogP contribution in [0.4, 0.5) is 4.79 Å². The molecule has 0 bridgehead atoms. The summed E-state index contributed by atoms with van der Waals surface area (Å²) < 4.78 is 0. The SMILES string of the molecule is CC(C)(C)c1ccc(C2(C)NC(=O)N(CC(=O)N3CCC(C(=O)O)CC3)C2=O)cc1. The summed E-state index contributed by atoms with van der Waals surface area (Å²) >= 11 is 0. The van der Waals surface area contributed by atoms with Crippen LogP contribution >= 0.6 is 0 Å². The largest absolute Gasteiger partial charge is 0.481 e. The molecule has 1 aromatic carbocycles. The number of nitrogens with zero attached hydrogens (tertiary/aromatic N) is 2. The topological polar surface area (TPSA) is 107 Å². The Morgan fingerprint density at radius 2 is 1.70 bits per heavy atom. The molecule has 2 aliphatic heterocycles. The van der Waals surface area contributed by atoms with Crippen LogP contribution in [0.5, 0.6) is 0 Å². The Morgan fingerprint density at radius 3 is 2.20 bits per heavy atom. The van der Waals surface area contributed by atoms with E-state index in [0.29, 0.717) is 31.5 Å². The maximum Gasteiger partial charge on any atom is 0.325 e. The van der Waals surface area contributed by atoms with Gasteiger partial charge in [0.05, 0.1) is 5.92 Å². The number of carbonyl (C=O) groups is 4. The molecule has 1 unspecified atom stereocenters. The van der Waals surface area contributed by atoms with Crippen molar-refractivity contribution >= 4 is 23.8 Å². The number of likely N-dealkylation sites (tertiary alicyclic amines) is 1. The Labute approximate surface area is 176 Å². The number of carboxylic acids is 1. The zero-order valence-electron chi connectivity index (χ0n) is 17.9. The van der Waals surface area contributed by atoms with Gasteiger partial charge in [-0.2, -0.15) is 0 Å². The molecule has 0 saturated carbocycles. The van der Waals surface area contributed by atoms with Gasteiger partial charge in [-0.3, -0.25) is 19.3 Å². The van der Waals surface area contributed by atoms with Crippen molar-refractivity contribution in [2.24, 2.45) is 5.92 Å². The summed E-state index contributed by atoms with van der Waals surface area (Å²) in [6.45, 7) is 8.20. The lowest BCUT2D eigenvalue weighted by Gasteiger charge is -2.31. The van der Waals surface area contributed by atoms with E-state index >= 15 is 0 Å². The number of carboxylic acid groups (broad SMARTS) is 1. The van der Waals surface area contributed by atoms with Gasteiger partial charge in [0, 0.05) is 13.1 Å². The standard InChI is InChI=1S/C22H29N3O5/c1-21(2,3)15-5-7-16(8-6-15)22(4)19(29)25(20(30)23-22)13-17(26)24-11-9-14(10-12-24)18(27)28/h5-8,14H,9-13H2,1-4H3,(H,23,30)(H,27,28). The average Bonchev–Trinajstić information content (AvgIpc) is 2.91. The molecular weight excluding hydrogens is 386 g/mol. The first-order valence-electron chi connectivity index (χ1n) is 10.2. The summed E-state index contributed by atoms with van der Waals surface area (Å²) in [7, 11) is 0. The number of nitrogens with one attached hydrogen (secondary N) is 1. The molecular formula is C22H29N3O5. The highest BCUT2D eigenvalue weighted by atomic mass is 16.4. The Bertz CT molecular complexity index is 866. The molecule has 0 spiro atoms. The van der Waals surface area contributed by atoms with E-state index in [2.05, 4.69) is 26.1 Å². The molecule has 8 nitrogen and oxygen atoms in total. The van der Waals surface area contributed by atoms with E-state index in [-0.39, 0.29) is 17.9 Å². The van der Waals surface area contributed by atoms with E-state index < -0.39 is 29.4 Å². The van der Waals surface area contributed by atoms with Crippen molar-refractivity contribution in [3.05, 3.63) is 35.4 Å². The van der Waals surface area contributed by atoms with E-state index in [4.69, 9.17) is 5.11 Å². The van der Waals surface area contributed by atoms with E-state index in [9.17, 15) is 19.2 Å². The zero-order chi connectivity index (χ0) is 22.3. The number of rotatable bonds is 4. The summed E-state index contributed by atoms with van der Waals surface area (Å²) in [4.78, 5) is 51.7. The van der Waals surface area contributed by atoms with Crippen LogP contribution in [0.2, 0.25) is 0 Å². The molecule has 3 rings (SSSR count).